The fraction of sp³-hybridized carbons (Fsp3) is 0.333. The van der Waals surface area contributed by atoms with Crippen LogP contribution in [0.5, 0.6) is 0 Å². The van der Waals surface area contributed by atoms with Gasteiger partial charge in [-0.25, -0.2) is 0 Å². The van der Waals surface area contributed by atoms with Crippen molar-refractivity contribution in [3.63, 3.8) is 0 Å². The molecule has 86 valence electrons. The number of hydrogen-bond acceptors (Lipinski definition) is 2. The van der Waals surface area contributed by atoms with Gasteiger partial charge in [0.1, 0.15) is 0 Å². The lowest BCUT2D eigenvalue weighted by atomic mass is 10.0. The van der Waals surface area contributed by atoms with Crippen LogP contribution in [0.3, 0.4) is 0 Å². The second-order valence-corrected chi connectivity index (χ2v) is 4.39. The minimum Gasteiger partial charge on any atom is -0.295 e. The summed E-state index contributed by atoms with van der Waals surface area (Å²) in [5.74, 6) is 0.284. The van der Waals surface area contributed by atoms with Crippen molar-refractivity contribution in [2.24, 2.45) is 0 Å². The van der Waals surface area contributed by atoms with E-state index in [0.29, 0.717) is 12.0 Å². The van der Waals surface area contributed by atoms with Crippen LogP contribution < -0.4 is 0 Å². The van der Waals surface area contributed by atoms with Crippen LogP contribution in [0.25, 0.3) is 6.08 Å². The molecule has 0 aliphatic heterocycles. The predicted octanol–water partition coefficient (Wildman–Crippen LogP) is 3.47. The van der Waals surface area contributed by atoms with Crippen LogP contribution in [-0.4, -0.2) is 5.78 Å². The Morgan fingerprint density at radius 2 is 1.76 bits per heavy atom. The van der Waals surface area contributed by atoms with Gasteiger partial charge in [-0.3, -0.25) is 4.79 Å². The van der Waals surface area contributed by atoms with Gasteiger partial charge in [0.25, 0.3) is 0 Å². The van der Waals surface area contributed by atoms with E-state index in [1.54, 1.807) is 12.1 Å². The highest BCUT2D eigenvalue weighted by Crippen LogP contribution is 2.21. The summed E-state index contributed by atoms with van der Waals surface area (Å²) < 4.78 is 0. The molecule has 1 aromatic rings. The summed E-state index contributed by atoms with van der Waals surface area (Å²) in [5.41, 5.74) is 2.60. The van der Waals surface area contributed by atoms with Crippen LogP contribution in [0.1, 0.15) is 43.2 Å². The largest absolute Gasteiger partial charge is 0.295 e. The number of rotatable bonds is 1. The minimum atomic E-state index is 0.284. The monoisotopic (exact) mass is 225 g/mol. The number of ketones is 1. The van der Waals surface area contributed by atoms with E-state index in [9.17, 15) is 4.79 Å². The second kappa shape index (κ2) is 5.45. The lowest BCUT2D eigenvalue weighted by molar-refractivity contribution is -0.115. The van der Waals surface area contributed by atoms with Crippen LogP contribution in [0.4, 0.5) is 0 Å². The molecule has 0 aromatic heterocycles. The molecule has 0 bridgehead atoms. The summed E-state index contributed by atoms with van der Waals surface area (Å²) in [5, 5.41) is 8.71. The average Bonchev–Trinajstić information content (AvgIpc) is 2.56. The highest BCUT2D eigenvalue weighted by molar-refractivity contribution is 5.99. The topological polar surface area (TPSA) is 40.9 Å². The van der Waals surface area contributed by atoms with Gasteiger partial charge in [0.2, 0.25) is 0 Å². The van der Waals surface area contributed by atoms with Gasteiger partial charge < -0.3 is 0 Å². The number of nitrogens with zero attached hydrogens (tertiary/aromatic N) is 1. The van der Waals surface area contributed by atoms with Gasteiger partial charge in [-0.15, -0.1) is 0 Å². The van der Waals surface area contributed by atoms with Crippen molar-refractivity contribution in [2.75, 3.05) is 0 Å². The molecular formula is C15H15NO. The average molecular weight is 225 g/mol. The fourth-order valence-electron chi connectivity index (χ4n) is 2.09. The maximum absolute atomic E-state index is 11.8. The Morgan fingerprint density at radius 1 is 1.06 bits per heavy atom. The number of Topliss-reactive ketones (excluding diaryl/α,β-unsaturated/α-hetero) is 1. The summed E-state index contributed by atoms with van der Waals surface area (Å²) in [7, 11) is 0. The van der Waals surface area contributed by atoms with Crippen molar-refractivity contribution in [3.8, 4) is 6.07 Å². The number of carbonyl (C=O) groups is 1. The standard InChI is InChI=1S/C15H15NO/c16-11-13-8-6-12(7-9-13)10-14-4-2-1-3-5-15(14)17/h6-10H,1-5H2. The fourth-order valence-corrected chi connectivity index (χ4v) is 2.09. The molecule has 1 aliphatic carbocycles. The van der Waals surface area contributed by atoms with Gasteiger partial charge in [-0.1, -0.05) is 18.6 Å². The Bertz CT molecular complexity index is 477. The molecule has 1 fully saturated rings. The van der Waals surface area contributed by atoms with E-state index in [1.165, 1.54) is 0 Å². The molecule has 2 heteroatoms. The Morgan fingerprint density at radius 3 is 2.47 bits per heavy atom. The maximum atomic E-state index is 11.8. The second-order valence-electron chi connectivity index (χ2n) is 4.39. The highest BCUT2D eigenvalue weighted by Gasteiger charge is 2.12. The number of hydrogen-bond donors (Lipinski definition) is 0. The van der Waals surface area contributed by atoms with Crippen LogP contribution in [-0.2, 0) is 4.79 Å². The van der Waals surface area contributed by atoms with Crippen LogP contribution in [0.15, 0.2) is 29.8 Å². The quantitative estimate of drug-likeness (QED) is 0.542. The van der Waals surface area contributed by atoms with Crippen molar-refractivity contribution in [3.05, 3.63) is 41.0 Å². The highest BCUT2D eigenvalue weighted by atomic mass is 16.1. The smallest absolute Gasteiger partial charge is 0.158 e. The van der Waals surface area contributed by atoms with Gasteiger partial charge >= 0.3 is 0 Å². The van der Waals surface area contributed by atoms with Crippen molar-refractivity contribution in [2.45, 2.75) is 32.1 Å². The van der Waals surface area contributed by atoms with E-state index < -0.39 is 0 Å². The molecule has 0 saturated heterocycles. The molecule has 0 N–H and O–H groups in total. The maximum Gasteiger partial charge on any atom is 0.158 e. The lowest BCUT2D eigenvalue weighted by Gasteiger charge is -2.01. The zero-order valence-corrected chi connectivity index (χ0v) is 9.78. The van der Waals surface area contributed by atoms with Gasteiger partial charge in [0, 0.05) is 6.42 Å². The van der Waals surface area contributed by atoms with E-state index in [2.05, 4.69) is 6.07 Å². The first-order valence-electron chi connectivity index (χ1n) is 6.03. The van der Waals surface area contributed by atoms with Gasteiger partial charge in [-0.05, 0) is 48.6 Å². The van der Waals surface area contributed by atoms with E-state index >= 15 is 0 Å². The molecule has 2 nitrogen and oxygen atoms in total. The molecule has 0 amide bonds. The first-order chi connectivity index (χ1) is 8.29. The van der Waals surface area contributed by atoms with E-state index in [-0.39, 0.29) is 5.78 Å². The number of allylic oxidation sites excluding steroid dienone is 1. The number of nitriles is 1. The third-order valence-corrected chi connectivity index (χ3v) is 3.09. The molecule has 1 aromatic carbocycles. The normalized spacial score (nSPS) is 18.8. The molecule has 0 heterocycles. The van der Waals surface area contributed by atoms with Crippen molar-refractivity contribution < 1.29 is 4.79 Å². The molecule has 0 unspecified atom stereocenters. The van der Waals surface area contributed by atoms with Gasteiger partial charge in [0.15, 0.2) is 5.78 Å². The van der Waals surface area contributed by atoms with E-state index in [0.717, 1.165) is 36.8 Å². The molecule has 1 saturated carbocycles. The Hall–Kier alpha value is -1.88. The third-order valence-electron chi connectivity index (χ3n) is 3.09. The Kier molecular flexibility index (Phi) is 3.72. The summed E-state index contributed by atoms with van der Waals surface area (Å²) in [6.07, 6.45) is 6.81. The first kappa shape index (κ1) is 11.6. The van der Waals surface area contributed by atoms with Gasteiger partial charge in [0.05, 0.1) is 11.6 Å². The first-order valence-corrected chi connectivity index (χ1v) is 6.03. The zero-order chi connectivity index (χ0) is 12.1. The lowest BCUT2D eigenvalue weighted by Crippen LogP contribution is -1.99. The summed E-state index contributed by atoms with van der Waals surface area (Å²) in [6, 6.07) is 9.44. The summed E-state index contributed by atoms with van der Waals surface area (Å²) in [6.45, 7) is 0. The minimum absolute atomic E-state index is 0.284. The van der Waals surface area contributed by atoms with E-state index in [4.69, 9.17) is 5.26 Å². The van der Waals surface area contributed by atoms with Crippen molar-refractivity contribution in [1.29, 1.82) is 5.26 Å². The van der Waals surface area contributed by atoms with Crippen LogP contribution >= 0.6 is 0 Å². The number of benzene rings is 1. The van der Waals surface area contributed by atoms with Gasteiger partial charge in [-0.2, -0.15) is 5.26 Å². The Labute approximate surface area is 102 Å². The predicted molar refractivity (Wildman–Crippen MR) is 67.2 cm³/mol. The third kappa shape index (κ3) is 3.04. The molecule has 0 atom stereocenters. The molecule has 2 rings (SSSR count). The van der Waals surface area contributed by atoms with Crippen LogP contribution in [0.2, 0.25) is 0 Å². The SMILES string of the molecule is N#Cc1ccc(C=C2CCCCCC2=O)cc1. The number of carbonyl (C=O) groups excluding carboxylic acids is 1. The molecule has 1 aliphatic rings. The summed E-state index contributed by atoms with van der Waals surface area (Å²) >= 11 is 0. The molecule has 0 radical (unpaired) electrons. The van der Waals surface area contributed by atoms with Crippen LogP contribution in [0, 0.1) is 11.3 Å². The molecule has 17 heavy (non-hydrogen) atoms. The Balaban J connectivity index is 2.21. The van der Waals surface area contributed by atoms with Crippen molar-refractivity contribution >= 4 is 11.9 Å². The molecule has 0 spiro atoms. The molecular weight excluding hydrogens is 210 g/mol. The summed E-state index contributed by atoms with van der Waals surface area (Å²) in [4.78, 5) is 11.8. The van der Waals surface area contributed by atoms with E-state index in [1.807, 2.05) is 18.2 Å². The van der Waals surface area contributed by atoms with Crippen molar-refractivity contribution in [1.82, 2.24) is 0 Å². The zero-order valence-electron chi connectivity index (χ0n) is 9.78.